The highest BCUT2D eigenvalue weighted by Crippen LogP contribution is 2.13. The molecule has 28 heavy (non-hydrogen) atoms. The number of anilines is 1. The van der Waals surface area contributed by atoms with Crippen LogP contribution in [-0.4, -0.2) is 51.5 Å². The van der Waals surface area contributed by atoms with E-state index in [0.29, 0.717) is 0 Å². The standard InChI is InChI=1S/C21H36N4O3/c1-21(2,3)28-20(26)25-18-11-9-17(10-12-18)13-15-24-19(22-4)23-14-7-6-8-16-27-5/h9-12H,6-8,13-16H2,1-5H3,(H,25,26)(H2,22,23,24). The largest absolute Gasteiger partial charge is 0.444 e. The Balaban J connectivity index is 2.28. The third-order valence-electron chi connectivity index (χ3n) is 3.85. The lowest BCUT2D eigenvalue weighted by Crippen LogP contribution is -2.38. The SMILES string of the molecule is CN=C(NCCCCCOC)NCCc1ccc(NC(=O)OC(C)(C)C)cc1. The van der Waals surface area contributed by atoms with Crippen LogP contribution in [0.25, 0.3) is 0 Å². The van der Waals surface area contributed by atoms with Crippen LogP contribution >= 0.6 is 0 Å². The summed E-state index contributed by atoms with van der Waals surface area (Å²) in [6.45, 7) is 8.02. The van der Waals surface area contributed by atoms with Crippen LogP contribution in [0.2, 0.25) is 0 Å². The average Bonchev–Trinajstić information content (AvgIpc) is 2.63. The molecule has 1 rings (SSSR count). The summed E-state index contributed by atoms with van der Waals surface area (Å²) in [5.41, 5.74) is 1.39. The summed E-state index contributed by atoms with van der Waals surface area (Å²) in [5.74, 6) is 0.815. The molecule has 0 heterocycles. The van der Waals surface area contributed by atoms with Crippen molar-refractivity contribution in [3.8, 4) is 0 Å². The fraction of sp³-hybridized carbons (Fsp3) is 0.619. The second-order valence-electron chi connectivity index (χ2n) is 7.55. The predicted octanol–water partition coefficient (Wildman–Crippen LogP) is 3.56. The van der Waals surface area contributed by atoms with Gasteiger partial charge in [0.25, 0.3) is 0 Å². The number of methoxy groups -OCH3 is 1. The van der Waals surface area contributed by atoms with E-state index in [-0.39, 0.29) is 0 Å². The van der Waals surface area contributed by atoms with Gasteiger partial charge in [0.1, 0.15) is 5.60 Å². The molecule has 0 unspecified atom stereocenters. The first-order valence-electron chi connectivity index (χ1n) is 9.86. The number of carbonyl (C=O) groups excluding carboxylic acids is 1. The summed E-state index contributed by atoms with van der Waals surface area (Å²) < 4.78 is 10.3. The van der Waals surface area contributed by atoms with Crippen molar-refractivity contribution < 1.29 is 14.3 Å². The molecule has 0 saturated heterocycles. The molecule has 0 radical (unpaired) electrons. The van der Waals surface area contributed by atoms with Crippen LogP contribution in [0.1, 0.15) is 45.6 Å². The number of nitrogens with one attached hydrogen (secondary N) is 3. The number of ether oxygens (including phenoxy) is 2. The second-order valence-corrected chi connectivity index (χ2v) is 7.55. The van der Waals surface area contributed by atoms with E-state index in [4.69, 9.17) is 9.47 Å². The molecule has 0 saturated carbocycles. The van der Waals surface area contributed by atoms with Crippen LogP contribution < -0.4 is 16.0 Å². The maximum atomic E-state index is 11.8. The quantitative estimate of drug-likeness (QED) is 0.322. The molecule has 3 N–H and O–H groups in total. The Morgan fingerprint density at radius 1 is 1.04 bits per heavy atom. The van der Waals surface area contributed by atoms with Gasteiger partial charge in [-0.3, -0.25) is 10.3 Å². The molecular formula is C21H36N4O3. The van der Waals surface area contributed by atoms with Gasteiger partial charge in [-0.15, -0.1) is 0 Å². The fourth-order valence-corrected chi connectivity index (χ4v) is 2.48. The number of hydrogen-bond acceptors (Lipinski definition) is 4. The molecule has 1 aromatic carbocycles. The molecule has 7 nitrogen and oxygen atoms in total. The Labute approximate surface area is 169 Å². The molecule has 7 heteroatoms. The maximum Gasteiger partial charge on any atom is 0.412 e. The van der Waals surface area contributed by atoms with E-state index >= 15 is 0 Å². The number of unbranched alkanes of at least 4 members (excludes halogenated alkanes) is 2. The highest BCUT2D eigenvalue weighted by Gasteiger charge is 2.16. The third-order valence-corrected chi connectivity index (χ3v) is 3.85. The van der Waals surface area contributed by atoms with Crippen LogP contribution in [0.5, 0.6) is 0 Å². The van der Waals surface area contributed by atoms with Gasteiger partial charge in [0.15, 0.2) is 5.96 Å². The molecule has 0 spiro atoms. The molecule has 0 fully saturated rings. The average molecular weight is 393 g/mol. The monoisotopic (exact) mass is 392 g/mol. The number of hydrogen-bond donors (Lipinski definition) is 3. The van der Waals surface area contributed by atoms with Crippen molar-refractivity contribution in [1.29, 1.82) is 0 Å². The van der Waals surface area contributed by atoms with E-state index in [0.717, 1.165) is 57.0 Å². The summed E-state index contributed by atoms with van der Waals surface area (Å²) in [6.07, 6.45) is 3.74. The second kappa shape index (κ2) is 13.0. The number of benzene rings is 1. The molecule has 1 amide bonds. The van der Waals surface area contributed by atoms with Gasteiger partial charge in [0, 0.05) is 39.5 Å². The summed E-state index contributed by atoms with van der Waals surface area (Å²) in [6, 6.07) is 7.76. The van der Waals surface area contributed by atoms with E-state index in [1.54, 1.807) is 14.2 Å². The van der Waals surface area contributed by atoms with Gasteiger partial charge in [-0.05, 0) is 64.2 Å². The zero-order chi connectivity index (χ0) is 20.8. The number of aliphatic imine (C=N–C) groups is 1. The summed E-state index contributed by atoms with van der Waals surface area (Å²) in [4.78, 5) is 16.0. The Kier molecular flexibility index (Phi) is 11.0. The van der Waals surface area contributed by atoms with Crippen LogP contribution in [0.4, 0.5) is 10.5 Å². The lowest BCUT2D eigenvalue weighted by molar-refractivity contribution is 0.0636. The van der Waals surface area contributed by atoms with Crippen molar-refractivity contribution in [2.45, 2.75) is 52.1 Å². The molecule has 0 aliphatic rings. The van der Waals surface area contributed by atoms with Crippen molar-refractivity contribution in [2.75, 3.05) is 39.2 Å². The first-order valence-corrected chi connectivity index (χ1v) is 9.86. The highest BCUT2D eigenvalue weighted by atomic mass is 16.6. The van der Waals surface area contributed by atoms with Gasteiger partial charge in [0.2, 0.25) is 0 Å². The van der Waals surface area contributed by atoms with Crippen LogP contribution in [0.15, 0.2) is 29.3 Å². The molecule has 0 atom stereocenters. The number of guanidine groups is 1. The first kappa shape index (κ1) is 23.8. The van der Waals surface area contributed by atoms with Crippen molar-refractivity contribution in [2.24, 2.45) is 4.99 Å². The Morgan fingerprint density at radius 3 is 2.32 bits per heavy atom. The zero-order valence-corrected chi connectivity index (χ0v) is 17.9. The van der Waals surface area contributed by atoms with Gasteiger partial charge in [-0.2, -0.15) is 0 Å². The predicted molar refractivity (Wildman–Crippen MR) is 115 cm³/mol. The number of carbonyl (C=O) groups is 1. The van der Waals surface area contributed by atoms with Crippen molar-refractivity contribution >= 4 is 17.7 Å². The van der Waals surface area contributed by atoms with E-state index < -0.39 is 11.7 Å². The molecule has 0 aliphatic heterocycles. The number of amides is 1. The van der Waals surface area contributed by atoms with Gasteiger partial charge >= 0.3 is 6.09 Å². The summed E-state index contributed by atoms with van der Waals surface area (Å²) in [5, 5.41) is 9.37. The van der Waals surface area contributed by atoms with E-state index in [1.807, 2.05) is 45.0 Å². The highest BCUT2D eigenvalue weighted by molar-refractivity contribution is 5.84. The minimum atomic E-state index is -0.508. The molecular weight excluding hydrogens is 356 g/mol. The number of rotatable bonds is 10. The minimum Gasteiger partial charge on any atom is -0.444 e. The smallest absolute Gasteiger partial charge is 0.412 e. The van der Waals surface area contributed by atoms with Gasteiger partial charge in [-0.25, -0.2) is 4.79 Å². The maximum absolute atomic E-state index is 11.8. The Morgan fingerprint density at radius 2 is 1.71 bits per heavy atom. The van der Waals surface area contributed by atoms with Gasteiger partial charge < -0.3 is 20.1 Å². The van der Waals surface area contributed by atoms with Crippen molar-refractivity contribution in [3.63, 3.8) is 0 Å². The Hall–Kier alpha value is -2.28. The molecule has 0 aliphatic carbocycles. The fourth-order valence-electron chi connectivity index (χ4n) is 2.48. The van der Waals surface area contributed by atoms with E-state index in [2.05, 4.69) is 20.9 Å². The number of nitrogens with zero attached hydrogens (tertiary/aromatic N) is 1. The molecule has 0 aromatic heterocycles. The van der Waals surface area contributed by atoms with E-state index in [9.17, 15) is 4.79 Å². The normalized spacial score (nSPS) is 11.8. The lowest BCUT2D eigenvalue weighted by Gasteiger charge is -2.19. The van der Waals surface area contributed by atoms with E-state index in [1.165, 1.54) is 5.56 Å². The first-order chi connectivity index (χ1) is 13.3. The summed E-state index contributed by atoms with van der Waals surface area (Å²) in [7, 11) is 3.51. The van der Waals surface area contributed by atoms with Crippen LogP contribution in [-0.2, 0) is 15.9 Å². The van der Waals surface area contributed by atoms with Crippen LogP contribution in [0, 0.1) is 0 Å². The Bertz CT molecular complexity index is 595. The molecule has 158 valence electrons. The zero-order valence-electron chi connectivity index (χ0n) is 17.9. The van der Waals surface area contributed by atoms with Gasteiger partial charge in [0.05, 0.1) is 0 Å². The third kappa shape index (κ3) is 11.4. The van der Waals surface area contributed by atoms with Crippen molar-refractivity contribution in [1.82, 2.24) is 10.6 Å². The minimum absolute atomic E-state index is 0.445. The topological polar surface area (TPSA) is 84.0 Å². The van der Waals surface area contributed by atoms with Crippen molar-refractivity contribution in [3.05, 3.63) is 29.8 Å². The van der Waals surface area contributed by atoms with Gasteiger partial charge in [-0.1, -0.05) is 12.1 Å². The lowest BCUT2D eigenvalue weighted by atomic mass is 10.1. The van der Waals surface area contributed by atoms with Crippen LogP contribution in [0.3, 0.4) is 0 Å². The molecule has 0 bridgehead atoms. The summed E-state index contributed by atoms with van der Waals surface area (Å²) >= 11 is 0. The molecule has 1 aromatic rings.